The Morgan fingerprint density at radius 3 is 2.48 bits per heavy atom. The Morgan fingerprint density at radius 1 is 1.06 bits per heavy atom. The van der Waals surface area contributed by atoms with Crippen LogP contribution in [0.4, 0.5) is 4.39 Å². The molecule has 1 N–H and O–H groups in total. The van der Waals surface area contributed by atoms with Crippen LogP contribution < -0.4 is 5.32 Å². The van der Waals surface area contributed by atoms with Crippen molar-refractivity contribution in [1.29, 1.82) is 0 Å². The Labute approximate surface area is 182 Å². The number of halogens is 1. The van der Waals surface area contributed by atoms with Crippen molar-refractivity contribution in [1.82, 2.24) is 30.3 Å². The number of hydrogen-bond acceptors (Lipinski definition) is 6. The molecule has 0 fully saturated rings. The van der Waals surface area contributed by atoms with Gasteiger partial charge >= 0.3 is 0 Å². The average Bonchev–Trinajstić information content (AvgIpc) is 3.22. The predicted molar refractivity (Wildman–Crippen MR) is 115 cm³/mol. The molecule has 2 aromatic heterocycles. The highest BCUT2D eigenvalue weighted by Gasteiger charge is 2.21. The first-order valence-corrected chi connectivity index (χ1v) is 10.5. The van der Waals surface area contributed by atoms with Crippen molar-refractivity contribution in [2.45, 2.75) is 24.4 Å². The van der Waals surface area contributed by atoms with Gasteiger partial charge in [0, 0.05) is 24.7 Å². The molecule has 2 aromatic carbocycles. The molecule has 4 rings (SSSR count). The second kappa shape index (κ2) is 9.48. The molecule has 9 heteroatoms. The molecule has 156 valence electrons. The normalized spacial score (nSPS) is 10.8. The fourth-order valence-corrected chi connectivity index (χ4v) is 3.66. The van der Waals surface area contributed by atoms with Gasteiger partial charge < -0.3 is 5.32 Å². The molecule has 0 aliphatic heterocycles. The summed E-state index contributed by atoms with van der Waals surface area (Å²) in [5.74, 6) is -0.268. The maximum absolute atomic E-state index is 13.1. The molecule has 0 spiro atoms. The molecular weight excluding hydrogens is 415 g/mol. The maximum atomic E-state index is 13.1. The van der Waals surface area contributed by atoms with Crippen molar-refractivity contribution in [2.24, 2.45) is 0 Å². The quantitative estimate of drug-likeness (QED) is 0.352. The summed E-state index contributed by atoms with van der Waals surface area (Å²) in [7, 11) is 0. The lowest BCUT2D eigenvalue weighted by atomic mass is 10.2. The SMILES string of the molecule is Cc1ccc(-n2nnc(C(=O)NCc3ccc(F)cc3)c2CSc2ncccn2)cc1. The number of nitrogens with one attached hydrogen (secondary N) is 1. The molecule has 0 saturated carbocycles. The summed E-state index contributed by atoms with van der Waals surface area (Å²) in [6, 6.07) is 15.5. The number of benzene rings is 2. The molecule has 0 unspecified atom stereocenters. The number of hydrogen-bond donors (Lipinski definition) is 1. The van der Waals surface area contributed by atoms with Gasteiger partial charge in [0.2, 0.25) is 0 Å². The van der Waals surface area contributed by atoms with Crippen LogP contribution in [0.2, 0.25) is 0 Å². The van der Waals surface area contributed by atoms with E-state index in [1.807, 2.05) is 31.2 Å². The first kappa shape index (κ1) is 20.7. The van der Waals surface area contributed by atoms with Crippen LogP contribution in [0.25, 0.3) is 5.69 Å². The molecule has 31 heavy (non-hydrogen) atoms. The molecule has 0 aliphatic rings. The Kier molecular flexibility index (Phi) is 6.32. The molecule has 2 heterocycles. The van der Waals surface area contributed by atoms with E-state index in [1.54, 1.807) is 35.3 Å². The maximum Gasteiger partial charge on any atom is 0.274 e. The third-order valence-electron chi connectivity index (χ3n) is 4.50. The standard InChI is InChI=1S/C22H19FN6OS/c1-15-3-9-18(10-4-15)29-19(14-31-22-24-11-2-12-25-22)20(27-28-29)21(30)26-13-16-5-7-17(23)8-6-16/h2-12H,13-14H2,1H3,(H,26,30). The van der Waals surface area contributed by atoms with Crippen molar-refractivity contribution in [3.8, 4) is 5.69 Å². The van der Waals surface area contributed by atoms with Crippen LogP contribution in [0, 0.1) is 12.7 Å². The molecule has 0 atom stereocenters. The van der Waals surface area contributed by atoms with Crippen LogP contribution in [0.5, 0.6) is 0 Å². The van der Waals surface area contributed by atoms with Gasteiger partial charge in [-0.2, -0.15) is 0 Å². The van der Waals surface area contributed by atoms with E-state index in [1.165, 1.54) is 23.9 Å². The van der Waals surface area contributed by atoms with Crippen LogP contribution >= 0.6 is 11.8 Å². The van der Waals surface area contributed by atoms with Crippen LogP contribution in [-0.2, 0) is 12.3 Å². The second-order valence-electron chi connectivity index (χ2n) is 6.76. The monoisotopic (exact) mass is 434 g/mol. The van der Waals surface area contributed by atoms with E-state index in [9.17, 15) is 9.18 Å². The van der Waals surface area contributed by atoms with Crippen LogP contribution in [-0.4, -0.2) is 30.9 Å². The zero-order valence-corrected chi connectivity index (χ0v) is 17.5. The number of aromatic nitrogens is 5. The van der Waals surface area contributed by atoms with Gasteiger partial charge in [-0.1, -0.05) is 46.8 Å². The molecule has 0 aliphatic carbocycles. The number of carbonyl (C=O) groups excluding carboxylic acids is 1. The first-order valence-electron chi connectivity index (χ1n) is 9.54. The summed E-state index contributed by atoms with van der Waals surface area (Å²) in [6.07, 6.45) is 3.34. The average molecular weight is 435 g/mol. The highest BCUT2D eigenvalue weighted by molar-refractivity contribution is 7.98. The second-order valence-corrected chi connectivity index (χ2v) is 7.70. The minimum absolute atomic E-state index is 0.228. The minimum Gasteiger partial charge on any atom is -0.347 e. The largest absolute Gasteiger partial charge is 0.347 e. The summed E-state index contributed by atoms with van der Waals surface area (Å²) in [6.45, 7) is 2.26. The van der Waals surface area contributed by atoms with E-state index < -0.39 is 0 Å². The Hall–Kier alpha value is -3.59. The van der Waals surface area contributed by atoms with E-state index >= 15 is 0 Å². The Morgan fingerprint density at radius 2 is 1.77 bits per heavy atom. The fraction of sp³-hybridized carbons (Fsp3) is 0.136. The summed E-state index contributed by atoms with van der Waals surface area (Å²) >= 11 is 1.39. The van der Waals surface area contributed by atoms with Crippen molar-refractivity contribution >= 4 is 17.7 Å². The number of nitrogens with zero attached hydrogens (tertiary/aromatic N) is 5. The van der Waals surface area contributed by atoms with Crippen molar-refractivity contribution < 1.29 is 9.18 Å². The summed E-state index contributed by atoms with van der Waals surface area (Å²) in [4.78, 5) is 21.3. The third-order valence-corrected chi connectivity index (χ3v) is 5.39. The Balaban J connectivity index is 1.58. The van der Waals surface area contributed by atoms with Gasteiger partial charge in [0.1, 0.15) is 5.82 Å². The lowest BCUT2D eigenvalue weighted by Crippen LogP contribution is -2.24. The highest BCUT2D eigenvalue weighted by Crippen LogP contribution is 2.23. The number of carbonyl (C=O) groups is 1. The van der Waals surface area contributed by atoms with E-state index in [2.05, 4.69) is 25.6 Å². The van der Waals surface area contributed by atoms with Gasteiger partial charge in [-0.25, -0.2) is 19.0 Å². The summed E-state index contributed by atoms with van der Waals surface area (Å²) in [5.41, 5.74) is 3.58. The predicted octanol–water partition coefficient (Wildman–Crippen LogP) is 3.73. The van der Waals surface area contributed by atoms with Crippen LogP contribution in [0.15, 0.2) is 72.1 Å². The van der Waals surface area contributed by atoms with Gasteiger partial charge in [0.05, 0.1) is 11.4 Å². The molecule has 0 saturated heterocycles. The van der Waals surface area contributed by atoms with Crippen molar-refractivity contribution in [3.05, 3.63) is 95.3 Å². The van der Waals surface area contributed by atoms with E-state index in [4.69, 9.17) is 0 Å². The number of rotatable bonds is 7. The topological polar surface area (TPSA) is 85.6 Å². The van der Waals surface area contributed by atoms with Gasteiger partial charge in [0.15, 0.2) is 10.9 Å². The highest BCUT2D eigenvalue weighted by atomic mass is 32.2. The van der Waals surface area contributed by atoms with Gasteiger partial charge in [-0.05, 0) is 42.8 Å². The van der Waals surface area contributed by atoms with Gasteiger partial charge in [-0.3, -0.25) is 4.79 Å². The van der Waals surface area contributed by atoms with Gasteiger partial charge in [0.25, 0.3) is 5.91 Å². The van der Waals surface area contributed by atoms with Crippen LogP contribution in [0.3, 0.4) is 0 Å². The van der Waals surface area contributed by atoms with Crippen molar-refractivity contribution in [2.75, 3.05) is 0 Å². The Bertz CT molecular complexity index is 1160. The third kappa shape index (κ3) is 5.13. The van der Waals surface area contributed by atoms with E-state index in [0.29, 0.717) is 16.6 Å². The molecular formula is C22H19FN6OS. The smallest absolute Gasteiger partial charge is 0.274 e. The fourth-order valence-electron chi connectivity index (χ4n) is 2.86. The van der Waals surface area contributed by atoms with Crippen LogP contribution in [0.1, 0.15) is 27.3 Å². The van der Waals surface area contributed by atoms with Gasteiger partial charge in [-0.15, -0.1) is 5.10 Å². The molecule has 4 aromatic rings. The molecule has 7 nitrogen and oxygen atoms in total. The lowest BCUT2D eigenvalue weighted by molar-refractivity contribution is 0.0945. The molecule has 0 bridgehead atoms. The van der Waals surface area contributed by atoms with Crippen molar-refractivity contribution in [3.63, 3.8) is 0 Å². The zero-order valence-electron chi connectivity index (χ0n) is 16.7. The number of aryl methyl sites for hydroxylation is 1. The minimum atomic E-state index is -0.354. The molecule has 0 radical (unpaired) electrons. The zero-order chi connectivity index (χ0) is 21.6. The van der Waals surface area contributed by atoms with E-state index in [-0.39, 0.29) is 24.0 Å². The summed E-state index contributed by atoms with van der Waals surface area (Å²) in [5, 5.41) is 11.8. The van der Waals surface area contributed by atoms with E-state index in [0.717, 1.165) is 16.8 Å². The summed E-state index contributed by atoms with van der Waals surface area (Å²) < 4.78 is 14.8. The number of thioether (sulfide) groups is 1. The first-order chi connectivity index (χ1) is 15.1. The molecule has 1 amide bonds. The lowest BCUT2D eigenvalue weighted by Gasteiger charge is -2.09. The number of amides is 1.